The number of phenols is 1. The van der Waals surface area contributed by atoms with Gasteiger partial charge in [-0.1, -0.05) is 0 Å². The Balaban J connectivity index is 2.46. The van der Waals surface area contributed by atoms with Crippen molar-refractivity contribution in [2.24, 2.45) is 0 Å². The molecule has 0 spiro atoms. The number of benzene rings is 1. The Morgan fingerprint density at radius 2 is 2.08 bits per heavy atom. The number of carbonyl (C=O) groups is 2. The maximum absolute atomic E-state index is 12.2. The van der Waals surface area contributed by atoms with Crippen LogP contribution in [0.5, 0.6) is 11.5 Å². The summed E-state index contributed by atoms with van der Waals surface area (Å²) in [6, 6.07) is 1.24. The molecule has 1 heterocycles. The molecule has 2 unspecified atom stereocenters. The van der Waals surface area contributed by atoms with Crippen molar-refractivity contribution in [3.63, 3.8) is 0 Å². The minimum atomic E-state index is -1.62. The lowest BCUT2D eigenvalue weighted by atomic mass is 9.90. The topological polar surface area (TPSA) is 134 Å². The number of ether oxygens (including phenoxy) is 1. The normalized spacial score (nSPS) is 15.9. The molecule has 1 aliphatic rings. The fraction of sp³-hybridized carbons (Fsp3) is 0.353. The Morgan fingerprint density at radius 1 is 1.36 bits per heavy atom. The van der Waals surface area contributed by atoms with Gasteiger partial charge in [-0.2, -0.15) is 0 Å². The molecule has 0 amide bonds. The molecule has 3 rings (SSSR count). The van der Waals surface area contributed by atoms with Gasteiger partial charge in [-0.05, 0) is 12.0 Å². The summed E-state index contributed by atoms with van der Waals surface area (Å²) in [5.74, 6) is -1.77. The quantitative estimate of drug-likeness (QED) is 0.518. The highest BCUT2D eigenvalue weighted by atomic mass is 16.5. The number of aliphatic hydroxyl groups is 2. The summed E-state index contributed by atoms with van der Waals surface area (Å²) in [7, 11) is 1.35. The average Bonchev–Trinajstić information content (AvgIpc) is 2.99. The lowest BCUT2D eigenvalue weighted by Crippen LogP contribution is -2.24. The molecule has 1 aromatic heterocycles. The summed E-state index contributed by atoms with van der Waals surface area (Å²) in [6.45, 7) is -0.672. The third-order valence-corrected chi connectivity index (χ3v) is 4.48. The van der Waals surface area contributed by atoms with Crippen molar-refractivity contribution in [1.82, 2.24) is 0 Å². The molecule has 0 aliphatic heterocycles. The van der Waals surface area contributed by atoms with Gasteiger partial charge in [0.1, 0.15) is 35.0 Å². The van der Waals surface area contributed by atoms with Gasteiger partial charge in [0.15, 0.2) is 5.78 Å². The van der Waals surface area contributed by atoms with Gasteiger partial charge in [0, 0.05) is 24.0 Å². The van der Waals surface area contributed by atoms with E-state index in [1.165, 1.54) is 13.2 Å². The molecule has 1 aliphatic carbocycles. The number of aliphatic hydroxyl groups excluding tert-OH is 2. The Kier molecular flexibility index (Phi) is 4.32. The minimum absolute atomic E-state index is 0.0566. The van der Waals surface area contributed by atoms with Gasteiger partial charge in [-0.25, -0.2) is 4.79 Å². The first-order chi connectivity index (χ1) is 11.9. The zero-order valence-corrected chi connectivity index (χ0v) is 13.3. The Hall–Kier alpha value is -2.71. The molecular weight excluding hydrogens is 332 g/mol. The van der Waals surface area contributed by atoms with Crippen LogP contribution in [0.3, 0.4) is 0 Å². The van der Waals surface area contributed by atoms with Gasteiger partial charge in [-0.3, -0.25) is 4.79 Å². The number of hydrogen-bond donors (Lipinski definition) is 3. The number of Topliss-reactive ketones (excluding diaryl/α,β-unsaturated/α-hetero) is 1. The van der Waals surface area contributed by atoms with Crippen molar-refractivity contribution in [3.8, 4) is 11.5 Å². The van der Waals surface area contributed by atoms with E-state index in [0.717, 1.165) is 0 Å². The van der Waals surface area contributed by atoms with Crippen molar-refractivity contribution in [3.05, 3.63) is 33.2 Å². The molecule has 0 radical (unpaired) electrons. The number of hydrogen-bond acceptors (Lipinski definition) is 8. The molecular formula is C17H16O8. The van der Waals surface area contributed by atoms with Crippen LogP contribution >= 0.6 is 0 Å². The number of ketones is 1. The predicted octanol–water partition coefficient (Wildman–Crippen LogP) is 0.272. The van der Waals surface area contributed by atoms with Gasteiger partial charge >= 0.3 is 5.63 Å². The van der Waals surface area contributed by atoms with Crippen LogP contribution in [0, 0.1) is 0 Å². The van der Waals surface area contributed by atoms with E-state index in [9.17, 15) is 29.7 Å². The summed E-state index contributed by atoms with van der Waals surface area (Å²) in [4.78, 5) is 35.1. The first kappa shape index (κ1) is 17.1. The molecule has 8 nitrogen and oxygen atoms in total. The van der Waals surface area contributed by atoms with E-state index in [4.69, 9.17) is 9.15 Å². The Morgan fingerprint density at radius 3 is 2.68 bits per heavy atom. The minimum Gasteiger partial charge on any atom is -0.507 e. The van der Waals surface area contributed by atoms with Crippen LogP contribution < -0.4 is 10.4 Å². The Bertz CT molecular complexity index is 927. The smallest absolute Gasteiger partial charge is 0.347 e. The number of aldehydes is 1. The van der Waals surface area contributed by atoms with E-state index >= 15 is 0 Å². The molecule has 3 N–H and O–H groups in total. The van der Waals surface area contributed by atoms with Crippen molar-refractivity contribution < 1.29 is 34.1 Å². The van der Waals surface area contributed by atoms with E-state index in [1.54, 1.807) is 0 Å². The summed E-state index contributed by atoms with van der Waals surface area (Å²) in [6.07, 6.45) is -0.950. The van der Waals surface area contributed by atoms with Crippen molar-refractivity contribution >= 4 is 23.0 Å². The number of aryl methyl sites for hydroxylation is 1. The van der Waals surface area contributed by atoms with Crippen molar-refractivity contribution in [2.75, 3.05) is 13.7 Å². The van der Waals surface area contributed by atoms with E-state index in [2.05, 4.69) is 0 Å². The standard InChI is InChI=1S/C17H16O8/c1-24-12-4-10(21)13(8(5-18)11(22)6-19)16-15(12)7-2-3-9(20)14(7)17(23)25-16/h4,6,8,11,18,21-22H,2-3,5H2,1H3. The third-order valence-electron chi connectivity index (χ3n) is 4.48. The number of methoxy groups -OCH3 is 1. The van der Waals surface area contributed by atoms with E-state index in [1.807, 2.05) is 0 Å². The van der Waals surface area contributed by atoms with Gasteiger partial charge < -0.3 is 29.3 Å². The lowest BCUT2D eigenvalue weighted by molar-refractivity contribution is -0.116. The molecule has 1 aromatic carbocycles. The number of carbonyl (C=O) groups excluding carboxylic acids is 2. The maximum atomic E-state index is 12.2. The van der Waals surface area contributed by atoms with E-state index < -0.39 is 30.0 Å². The van der Waals surface area contributed by atoms with Crippen molar-refractivity contribution in [2.45, 2.75) is 24.9 Å². The monoisotopic (exact) mass is 348 g/mol. The summed E-state index contributed by atoms with van der Waals surface area (Å²) < 4.78 is 10.5. The van der Waals surface area contributed by atoms with Crippen LogP contribution in [0.1, 0.15) is 33.8 Å². The molecule has 2 atom stereocenters. The highest BCUT2D eigenvalue weighted by molar-refractivity contribution is 6.06. The largest absolute Gasteiger partial charge is 0.507 e. The van der Waals surface area contributed by atoms with E-state index in [0.29, 0.717) is 17.4 Å². The summed E-state index contributed by atoms with van der Waals surface area (Å²) in [5.41, 5.74) is -0.686. The average molecular weight is 348 g/mol. The van der Waals surface area contributed by atoms with Gasteiger partial charge in [0.25, 0.3) is 0 Å². The molecule has 0 saturated heterocycles. The number of rotatable bonds is 5. The molecule has 0 saturated carbocycles. The second-order valence-electron chi connectivity index (χ2n) is 5.80. The molecule has 25 heavy (non-hydrogen) atoms. The van der Waals surface area contributed by atoms with Crippen LogP contribution in [0.25, 0.3) is 11.0 Å². The van der Waals surface area contributed by atoms with E-state index in [-0.39, 0.29) is 40.9 Å². The van der Waals surface area contributed by atoms with Gasteiger partial charge in [-0.15, -0.1) is 0 Å². The first-order valence-electron chi connectivity index (χ1n) is 7.61. The second kappa shape index (κ2) is 6.30. The molecule has 0 fully saturated rings. The zero-order chi connectivity index (χ0) is 18.3. The fourth-order valence-electron chi connectivity index (χ4n) is 3.30. The highest BCUT2D eigenvalue weighted by Gasteiger charge is 2.33. The molecule has 132 valence electrons. The summed E-state index contributed by atoms with van der Waals surface area (Å²) >= 11 is 0. The molecule has 2 aromatic rings. The lowest BCUT2D eigenvalue weighted by Gasteiger charge is -2.21. The van der Waals surface area contributed by atoms with Crippen molar-refractivity contribution in [1.29, 1.82) is 0 Å². The second-order valence-corrected chi connectivity index (χ2v) is 5.80. The molecule has 0 bridgehead atoms. The number of phenolic OH excluding ortho intramolecular Hbond substituents is 1. The SMILES string of the molecule is COc1cc(O)c(C(CO)C(O)C=O)c2oc(=O)c3c(c12)CCC3=O. The predicted molar refractivity (Wildman–Crippen MR) is 85.2 cm³/mol. The Labute approximate surface area is 141 Å². The van der Waals surface area contributed by atoms with Gasteiger partial charge in [0.05, 0.1) is 19.1 Å². The number of aromatic hydroxyl groups is 1. The maximum Gasteiger partial charge on any atom is 0.347 e. The zero-order valence-electron chi connectivity index (χ0n) is 13.3. The molecule has 8 heteroatoms. The number of fused-ring (bicyclic) bond motifs is 3. The van der Waals surface area contributed by atoms with Crippen LogP contribution in [0.2, 0.25) is 0 Å². The van der Waals surface area contributed by atoms with Crippen LogP contribution in [-0.2, 0) is 11.2 Å². The third kappa shape index (κ3) is 2.50. The summed E-state index contributed by atoms with van der Waals surface area (Å²) in [5, 5.41) is 30.0. The highest BCUT2D eigenvalue weighted by Crippen LogP contribution is 2.43. The first-order valence-corrected chi connectivity index (χ1v) is 7.61. The van der Waals surface area contributed by atoms with Crippen LogP contribution in [-0.4, -0.2) is 47.2 Å². The van der Waals surface area contributed by atoms with Gasteiger partial charge in [0.2, 0.25) is 0 Å². The fourth-order valence-corrected chi connectivity index (χ4v) is 3.30. The van der Waals surface area contributed by atoms with Crippen LogP contribution in [0.4, 0.5) is 0 Å². The van der Waals surface area contributed by atoms with Crippen LogP contribution in [0.15, 0.2) is 15.3 Å².